The average Bonchev–Trinajstić information content (AvgIpc) is 2.73. The smallest absolute Gasteiger partial charge is 0.268 e. The molecule has 1 atom stereocenters. The highest BCUT2D eigenvalue weighted by molar-refractivity contribution is 7.88. The van der Waals surface area contributed by atoms with E-state index in [1.807, 2.05) is 0 Å². The molecule has 11 heteroatoms. The summed E-state index contributed by atoms with van der Waals surface area (Å²) in [5, 5.41) is 4.18. The molecule has 0 spiro atoms. The fourth-order valence-corrected chi connectivity index (χ4v) is 3.99. The minimum absolute atomic E-state index is 0.164. The Balaban J connectivity index is 2.26. The van der Waals surface area contributed by atoms with Gasteiger partial charge in [0.05, 0.1) is 18.5 Å². The molecule has 1 unspecified atom stereocenters. The summed E-state index contributed by atoms with van der Waals surface area (Å²) >= 11 is 0. The summed E-state index contributed by atoms with van der Waals surface area (Å²) in [5.74, 6) is -0.203. The van der Waals surface area contributed by atoms with Gasteiger partial charge in [0.15, 0.2) is 0 Å². The predicted octanol–water partition coefficient (Wildman–Crippen LogP) is -1.33. The first kappa shape index (κ1) is 17.3. The molecule has 2 rings (SSSR count). The normalized spacial score (nSPS) is 20.8. The lowest BCUT2D eigenvalue weighted by molar-refractivity contribution is 0.318. The van der Waals surface area contributed by atoms with Crippen LogP contribution in [0.5, 0.6) is 0 Å². The third-order valence-electron chi connectivity index (χ3n) is 3.46. The summed E-state index contributed by atoms with van der Waals surface area (Å²) in [6.45, 7) is 1.07. The summed E-state index contributed by atoms with van der Waals surface area (Å²) in [6, 6.07) is 1.77. The molecule has 1 aromatic heterocycles. The van der Waals surface area contributed by atoms with Gasteiger partial charge in [0.2, 0.25) is 10.0 Å². The Hall–Kier alpha value is -1.01. The van der Waals surface area contributed by atoms with Crippen molar-refractivity contribution in [3.8, 4) is 0 Å². The second kappa shape index (κ2) is 6.24. The fourth-order valence-electron chi connectivity index (χ4n) is 2.30. The third-order valence-corrected chi connectivity index (χ3v) is 6.00. The zero-order chi connectivity index (χ0) is 16.5. The minimum atomic E-state index is -3.58. The Labute approximate surface area is 131 Å². The van der Waals surface area contributed by atoms with E-state index in [0.29, 0.717) is 6.54 Å². The minimum Gasteiger partial charge on any atom is -0.268 e. The largest absolute Gasteiger partial charge is 0.281 e. The Bertz CT molecular complexity index is 725. The number of hydrogen-bond donors (Lipinski definition) is 1. The number of hydrogen-bond acceptors (Lipinski definition) is 5. The van der Waals surface area contributed by atoms with E-state index in [-0.39, 0.29) is 25.6 Å². The summed E-state index contributed by atoms with van der Waals surface area (Å²) in [6.07, 6.45) is 2.69. The van der Waals surface area contributed by atoms with E-state index in [0.717, 1.165) is 16.3 Å². The highest BCUT2D eigenvalue weighted by atomic mass is 32.2. The number of rotatable bonds is 5. The van der Waals surface area contributed by atoms with Gasteiger partial charge in [-0.2, -0.15) is 22.1 Å². The van der Waals surface area contributed by atoms with Crippen molar-refractivity contribution in [2.45, 2.75) is 13.1 Å². The van der Waals surface area contributed by atoms with Crippen LogP contribution >= 0.6 is 0 Å². The van der Waals surface area contributed by atoms with Crippen molar-refractivity contribution in [3.63, 3.8) is 0 Å². The maximum atomic E-state index is 12.4. The molecule has 9 nitrogen and oxygen atoms in total. The maximum Gasteiger partial charge on any atom is 0.281 e. The number of nitrogens with one attached hydrogen (secondary N) is 1. The van der Waals surface area contributed by atoms with Crippen LogP contribution in [0.4, 0.5) is 0 Å². The van der Waals surface area contributed by atoms with E-state index in [1.54, 1.807) is 16.9 Å². The lowest BCUT2D eigenvalue weighted by Gasteiger charge is -2.26. The number of fused-ring (bicyclic) bond motifs is 1. The Kier molecular flexibility index (Phi) is 4.92. The standard InChI is InChI=1S/C11H21N5O4S2/c1-14(2)22(19,20)15-7-10(6-13-21(3,17)18)8-16-11(9-15)4-5-12-16/h4-5,10,13H,6-9H2,1-3H3. The molecule has 1 aliphatic heterocycles. The molecule has 0 bridgehead atoms. The molecule has 126 valence electrons. The molecular formula is C11H21N5O4S2. The van der Waals surface area contributed by atoms with Gasteiger partial charge in [-0.05, 0) is 6.07 Å². The lowest BCUT2D eigenvalue weighted by atomic mass is 10.1. The highest BCUT2D eigenvalue weighted by Gasteiger charge is 2.31. The third kappa shape index (κ3) is 4.04. The van der Waals surface area contributed by atoms with E-state index in [9.17, 15) is 16.8 Å². The molecular weight excluding hydrogens is 330 g/mol. The van der Waals surface area contributed by atoms with Gasteiger partial charge in [-0.3, -0.25) is 4.68 Å². The van der Waals surface area contributed by atoms with Gasteiger partial charge in [-0.25, -0.2) is 13.1 Å². The Morgan fingerprint density at radius 2 is 2.00 bits per heavy atom. The van der Waals surface area contributed by atoms with Gasteiger partial charge in [0, 0.05) is 45.8 Å². The maximum absolute atomic E-state index is 12.4. The molecule has 1 aromatic rings. The first-order valence-electron chi connectivity index (χ1n) is 6.72. The molecule has 1 aliphatic rings. The van der Waals surface area contributed by atoms with E-state index in [1.165, 1.54) is 18.4 Å². The summed E-state index contributed by atoms with van der Waals surface area (Å²) < 4.78 is 54.0. The summed E-state index contributed by atoms with van der Waals surface area (Å²) in [4.78, 5) is 0. The van der Waals surface area contributed by atoms with Crippen molar-refractivity contribution in [2.75, 3.05) is 33.4 Å². The van der Waals surface area contributed by atoms with Crippen molar-refractivity contribution in [3.05, 3.63) is 18.0 Å². The van der Waals surface area contributed by atoms with Crippen molar-refractivity contribution in [2.24, 2.45) is 5.92 Å². The monoisotopic (exact) mass is 351 g/mol. The van der Waals surface area contributed by atoms with Crippen LogP contribution in [0.2, 0.25) is 0 Å². The zero-order valence-corrected chi connectivity index (χ0v) is 14.4. The molecule has 0 aromatic carbocycles. The van der Waals surface area contributed by atoms with E-state index in [4.69, 9.17) is 0 Å². The molecule has 0 radical (unpaired) electrons. The van der Waals surface area contributed by atoms with Gasteiger partial charge in [-0.1, -0.05) is 0 Å². The van der Waals surface area contributed by atoms with Crippen molar-refractivity contribution in [1.82, 2.24) is 23.1 Å². The topological polar surface area (TPSA) is 105 Å². The van der Waals surface area contributed by atoms with Crippen LogP contribution in [0.3, 0.4) is 0 Å². The second-order valence-corrected chi connectivity index (χ2v) is 9.55. The summed E-state index contributed by atoms with van der Waals surface area (Å²) in [5.41, 5.74) is 0.785. The molecule has 22 heavy (non-hydrogen) atoms. The molecule has 0 fully saturated rings. The highest BCUT2D eigenvalue weighted by Crippen LogP contribution is 2.19. The summed E-state index contributed by atoms with van der Waals surface area (Å²) in [7, 11) is -3.96. The lowest BCUT2D eigenvalue weighted by Crippen LogP contribution is -2.43. The Morgan fingerprint density at radius 1 is 1.32 bits per heavy atom. The van der Waals surface area contributed by atoms with E-state index < -0.39 is 20.2 Å². The fraction of sp³-hybridized carbons (Fsp3) is 0.727. The molecule has 0 amide bonds. The van der Waals surface area contributed by atoms with Crippen LogP contribution in [0.15, 0.2) is 12.3 Å². The molecule has 2 heterocycles. The predicted molar refractivity (Wildman–Crippen MR) is 81.6 cm³/mol. The van der Waals surface area contributed by atoms with E-state index in [2.05, 4.69) is 9.82 Å². The molecule has 1 N–H and O–H groups in total. The average molecular weight is 351 g/mol. The van der Waals surface area contributed by atoms with Crippen molar-refractivity contribution < 1.29 is 16.8 Å². The number of aromatic nitrogens is 2. The zero-order valence-electron chi connectivity index (χ0n) is 12.8. The molecule has 0 aliphatic carbocycles. The second-order valence-electron chi connectivity index (χ2n) is 5.57. The Morgan fingerprint density at radius 3 is 2.59 bits per heavy atom. The number of sulfonamides is 1. The molecule has 0 saturated carbocycles. The van der Waals surface area contributed by atoms with Crippen LogP contribution in [-0.2, 0) is 33.3 Å². The van der Waals surface area contributed by atoms with Gasteiger partial charge >= 0.3 is 0 Å². The van der Waals surface area contributed by atoms with Gasteiger partial charge in [0.25, 0.3) is 10.2 Å². The van der Waals surface area contributed by atoms with Crippen LogP contribution in [0, 0.1) is 5.92 Å². The quantitative estimate of drug-likeness (QED) is 0.708. The van der Waals surface area contributed by atoms with Crippen LogP contribution in [0.25, 0.3) is 0 Å². The van der Waals surface area contributed by atoms with Gasteiger partial charge in [0.1, 0.15) is 0 Å². The SMILES string of the molecule is CN(C)S(=O)(=O)N1Cc2ccnn2CC(CNS(C)(=O)=O)C1. The van der Waals surface area contributed by atoms with Crippen LogP contribution < -0.4 is 4.72 Å². The molecule has 0 saturated heterocycles. The van der Waals surface area contributed by atoms with Crippen LogP contribution in [-0.4, -0.2) is 68.7 Å². The van der Waals surface area contributed by atoms with Crippen molar-refractivity contribution in [1.29, 1.82) is 0 Å². The number of nitrogens with zero attached hydrogens (tertiary/aromatic N) is 4. The van der Waals surface area contributed by atoms with Gasteiger partial charge in [-0.15, -0.1) is 0 Å². The van der Waals surface area contributed by atoms with Crippen LogP contribution in [0.1, 0.15) is 5.69 Å². The van der Waals surface area contributed by atoms with Gasteiger partial charge < -0.3 is 0 Å². The first-order chi connectivity index (χ1) is 10.1. The van der Waals surface area contributed by atoms with E-state index >= 15 is 0 Å². The van der Waals surface area contributed by atoms with Crippen molar-refractivity contribution >= 4 is 20.2 Å². The first-order valence-corrected chi connectivity index (χ1v) is 10.0.